The van der Waals surface area contributed by atoms with E-state index in [1.807, 2.05) is 65.4 Å². The zero-order chi connectivity index (χ0) is 22.2. The Morgan fingerprint density at radius 3 is 2.78 bits per heavy atom. The highest BCUT2D eigenvalue weighted by molar-refractivity contribution is 9.10. The van der Waals surface area contributed by atoms with Gasteiger partial charge in [0.1, 0.15) is 28.9 Å². The fourth-order valence-electron chi connectivity index (χ4n) is 4.26. The first-order valence-corrected chi connectivity index (χ1v) is 12.1. The predicted molar refractivity (Wildman–Crippen MR) is 124 cm³/mol. The molecule has 0 bridgehead atoms. The van der Waals surface area contributed by atoms with Gasteiger partial charge in [-0.15, -0.1) is 11.8 Å². The second-order valence-corrected chi connectivity index (χ2v) is 9.24. The topological polar surface area (TPSA) is 35.8 Å². The number of pyridine rings is 1. The molecule has 4 aromatic rings. The van der Waals surface area contributed by atoms with Crippen LogP contribution in [-0.2, 0) is 0 Å². The van der Waals surface area contributed by atoms with Gasteiger partial charge in [0.15, 0.2) is 0 Å². The van der Waals surface area contributed by atoms with Gasteiger partial charge in [0.25, 0.3) is 0 Å². The van der Waals surface area contributed by atoms with Crippen molar-refractivity contribution < 1.29 is 18.3 Å². The number of aromatic nitrogens is 2. The Morgan fingerprint density at radius 2 is 1.97 bits per heavy atom. The number of imidazole rings is 1. The maximum atomic E-state index is 13.1. The molecule has 1 aliphatic carbocycles. The molecule has 5 rings (SSSR count). The molecule has 2 atom stereocenters. The number of ether oxygens (including phenoxy) is 2. The van der Waals surface area contributed by atoms with Crippen molar-refractivity contribution in [3.8, 4) is 11.5 Å². The Labute approximate surface area is 196 Å². The lowest BCUT2D eigenvalue weighted by Crippen LogP contribution is -2.09. The highest BCUT2D eigenvalue weighted by Gasteiger charge is 2.39. The van der Waals surface area contributed by atoms with Gasteiger partial charge in [-0.3, -0.25) is 0 Å². The van der Waals surface area contributed by atoms with Crippen LogP contribution in [-0.4, -0.2) is 22.3 Å². The molecule has 1 aliphatic rings. The monoisotopic (exact) mass is 516 g/mol. The third-order valence-electron chi connectivity index (χ3n) is 5.56. The van der Waals surface area contributed by atoms with Crippen LogP contribution in [0.1, 0.15) is 35.4 Å². The van der Waals surface area contributed by atoms with E-state index in [1.165, 1.54) is 0 Å². The van der Waals surface area contributed by atoms with Gasteiger partial charge in [0, 0.05) is 33.5 Å². The van der Waals surface area contributed by atoms with E-state index in [0.29, 0.717) is 12.0 Å². The number of thioether (sulfide) groups is 1. The third-order valence-corrected chi connectivity index (χ3v) is 6.76. The van der Waals surface area contributed by atoms with Crippen LogP contribution < -0.4 is 9.47 Å². The average Bonchev–Trinajstić information content (AvgIpc) is 3.31. The largest absolute Gasteiger partial charge is 0.484 e. The molecule has 2 aromatic carbocycles. The van der Waals surface area contributed by atoms with Crippen LogP contribution in [0.5, 0.6) is 11.5 Å². The van der Waals surface area contributed by atoms with Crippen LogP contribution in [0.3, 0.4) is 0 Å². The number of para-hydroxylation sites is 1. The third kappa shape index (κ3) is 3.97. The van der Waals surface area contributed by atoms with Gasteiger partial charge in [-0.2, -0.15) is 8.78 Å². The van der Waals surface area contributed by atoms with Gasteiger partial charge in [-0.25, -0.2) is 4.98 Å². The summed E-state index contributed by atoms with van der Waals surface area (Å²) in [6.07, 6.45) is 4.22. The maximum absolute atomic E-state index is 13.1. The molecule has 32 heavy (non-hydrogen) atoms. The zero-order valence-electron chi connectivity index (χ0n) is 17.0. The van der Waals surface area contributed by atoms with Crippen LogP contribution in [0.15, 0.2) is 76.2 Å². The van der Waals surface area contributed by atoms with Crippen molar-refractivity contribution in [1.82, 2.24) is 9.38 Å². The Kier molecular flexibility index (Phi) is 5.82. The number of hydrogen-bond acceptors (Lipinski definition) is 4. The molecule has 4 nitrogen and oxygen atoms in total. The number of rotatable bonds is 6. The van der Waals surface area contributed by atoms with E-state index in [4.69, 9.17) is 14.5 Å². The van der Waals surface area contributed by atoms with Gasteiger partial charge in [-0.1, -0.05) is 24.3 Å². The molecule has 2 heterocycles. The molecule has 0 radical (unpaired) electrons. The first-order valence-electron chi connectivity index (χ1n) is 10.1. The molecule has 0 fully saturated rings. The SMILES string of the molecule is CSc1cccc(OC2C[C@H](c3ccccc3OC(F)F)c3c2nc2ccc(Br)cn32)c1. The lowest BCUT2D eigenvalue weighted by molar-refractivity contribution is -0.0505. The lowest BCUT2D eigenvalue weighted by Gasteiger charge is -2.18. The lowest BCUT2D eigenvalue weighted by atomic mass is 9.95. The highest BCUT2D eigenvalue weighted by Crippen LogP contribution is 2.48. The Bertz CT molecular complexity index is 1280. The van der Waals surface area contributed by atoms with Crippen LogP contribution >= 0.6 is 27.7 Å². The minimum absolute atomic E-state index is 0.174. The molecule has 2 aromatic heterocycles. The number of alkyl halides is 2. The molecule has 0 saturated carbocycles. The quantitative estimate of drug-likeness (QED) is 0.256. The first-order chi connectivity index (χ1) is 15.5. The van der Waals surface area contributed by atoms with E-state index >= 15 is 0 Å². The normalized spacial score (nSPS) is 17.7. The number of benzene rings is 2. The van der Waals surface area contributed by atoms with Crippen LogP contribution in [0.25, 0.3) is 5.65 Å². The predicted octanol–water partition coefficient (Wildman–Crippen LogP) is 7.08. The standard InChI is InChI=1S/C24H19BrF2N2O2S/c1-32-16-6-4-5-15(11-16)30-20-12-18(17-7-2-3-8-19(17)31-24(26)27)23-22(20)28-21-10-9-14(25)13-29(21)23/h2-11,13,18,20,24H,12H2,1H3/t18-,20?/m1/s1. The summed E-state index contributed by atoms with van der Waals surface area (Å²) in [5, 5.41) is 0. The van der Waals surface area contributed by atoms with E-state index in [9.17, 15) is 8.78 Å². The first kappa shape index (κ1) is 21.3. The Hall–Kier alpha value is -2.58. The summed E-state index contributed by atoms with van der Waals surface area (Å²) in [5.74, 6) is 0.718. The van der Waals surface area contributed by atoms with Crippen molar-refractivity contribution in [2.75, 3.05) is 6.26 Å². The van der Waals surface area contributed by atoms with E-state index in [2.05, 4.69) is 15.9 Å². The van der Waals surface area contributed by atoms with Crippen LogP contribution in [0.2, 0.25) is 0 Å². The molecule has 0 aliphatic heterocycles. The smallest absolute Gasteiger partial charge is 0.387 e. The summed E-state index contributed by atoms with van der Waals surface area (Å²) in [4.78, 5) is 5.95. The second kappa shape index (κ2) is 8.75. The molecular formula is C24H19BrF2N2O2S. The van der Waals surface area contributed by atoms with Crippen molar-refractivity contribution in [1.29, 1.82) is 0 Å². The Morgan fingerprint density at radius 1 is 1.12 bits per heavy atom. The summed E-state index contributed by atoms with van der Waals surface area (Å²) in [6, 6.07) is 18.7. The van der Waals surface area contributed by atoms with Crippen molar-refractivity contribution in [3.63, 3.8) is 0 Å². The van der Waals surface area contributed by atoms with E-state index in [1.54, 1.807) is 23.9 Å². The van der Waals surface area contributed by atoms with Crippen molar-refractivity contribution in [2.45, 2.75) is 29.9 Å². The molecule has 0 spiro atoms. The highest BCUT2D eigenvalue weighted by atomic mass is 79.9. The summed E-state index contributed by atoms with van der Waals surface area (Å²) >= 11 is 5.17. The fraction of sp³-hybridized carbons (Fsp3) is 0.208. The van der Waals surface area contributed by atoms with E-state index in [0.717, 1.165) is 32.2 Å². The van der Waals surface area contributed by atoms with Gasteiger partial charge < -0.3 is 13.9 Å². The molecule has 0 saturated heterocycles. The number of fused-ring (bicyclic) bond motifs is 3. The van der Waals surface area contributed by atoms with E-state index < -0.39 is 6.61 Å². The van der Waals surface area contributed by atoms with Crippen LogP contribution in [0, 0.1) is 0 Å². The number of halogens is 3. The summed E-state index contributed by atoms with van der Waals surface area (Å²) in [6.45, 7) is -2.89. The number of nitrogens with zero attached hydrogens (tertiary/aromatic N) is 2. The van der Waals surface area contributed by atoms with Crippen LogP contribution in [0.4, 0.5) is 8.78 Å². The zero-order valence-corrected chi connectivity index (χ0v) is 19.4. The van der Waals surface area contributed by atoms with Crippen molar-refractivity contribution in [3.05, 3.63) is 88.3 Å². The summed E-state index contributed by atoms with van der Waals surface area (Å²) < 4.78 is 40.3. The van der Waals surface area contributed by atoms with Crippen molar-refractivity contribution >= 4 is 33.3 Å². The van der Waals surface area contributed by atoms with Gasteiger partial charge in [0.05, 0.1) is 5.69 Å². The van der Waals surface area contributed by atoms with Gasteiger partial charge in [0.2, 0.25) is 0 Å². The maximum Gasteiger partial charge on any atom is 0.387 e. The molecule has 0 N–H and O–H groups in total. The minimum Gasteiger partial charge on any atom is -0.484 e. The molecular weight excluding hydrogens is 498 g/mol. The molecule has 0 amide bonds. The van der Waals surface area contributed by atoms with E-state index in [-0.39, 0.29) is 17.8 Å². The second-order valence-electron chi connectivity index (χ2n) is 7.45. The van der Waals surface area contributed by atoms with Gasteiger partial charge >= 0.3 is 6.61 Å². The average molecular weight is 517 g/mol. The van der Waals surface area contributed by atoms with Crippen molar-refractivity contribution in [2.24, 2.45) is 0 Å². The molecule has 8 heteroatoms. The molecule has 1 unspecified atom stereocenters. The number of hydrogen-bond donors (Lipinski definition) is 0. The summed E-state index contributed by atoms with van der Waals surface area (Å²) in [7, 11) is 0. The minimum atomic E-state index is -2.89. The fourth-order valence-corrected chi connectivity index (χ4v) is 5.05. The summed E-state index contributed by atoms with van der Waals surface area (Å²) in [5.41, 5.74) is 3.22. The molecule has 164 valence electrons. The van der Waals surface area contributed by atoms with Gasteiger partial charge in [-0.05, 0) is 58.6 Å². The Balaban J connectivity index is 1.61.